The number of aliphatic hydroxyl groups is 1. The molecule has 2 saturated carbocycles. The van der Waals surface area contributed by atoms with Gasteiger partial charge in [0.2, 0.25) is 0 Å². The fraction of sp³-hybridized carbons (Fsp3) is 0.500. The number of benzene rings is 2. The number of piperidine rings is 1. The second kappa shape index (κ2) is 8.36. The maximum Gasteiger partial charge on any atom is 0.257 e. The first kappa shape index (κ1) is 20.7. The van der Waals surface area contributed by atoms with Crippen LogP contribution in [0.1, 0.15) is 36.8 Å². The summed E-state index contributed by atoms with van der Waals surface area (Å²) in [7, 11) is 0. The summed E-state index contributed by atoms with van der Waals surface area (Å²) in [6, 6.07) is 16.4. The quantitative estimate of drug-likeness (QED) is 0.718. The maximum absolute atomic E-state index is 13.3. The number of fused-ring (bicyclic) bond motifs is 1. The van der Waals surface area contributed by atoms with Gasteiger partial charge in [0, 0.05) is 31.6 Å². The molecule has 1 amide bonds. The topological polar surface area (TPSA) is 52.6 Å². The second-order valence-corrected chi connectivity index (χ2v) is 9.58. The molecule has 5 heteroatoms. The van der Waals surface area contributed by atoms with Crippen LogP contribution >= 0.6 is 0 Å². The first-order chi connectivity index (χ1) is 15.1. The predicted molar refractivity (Wildman–Crippen MR) is 118 cm³/mol. The van der Waals surface area contributed by atoms with Gasteiger partial charge >= 0.3 is 0 Å². The van der Waals surface area contributed by atoms with E-state index in [0.717, 1.165) is 57.3 Å². The van der Waals surface area contributed by atoms with E-state index in [1.54, 1.807) is 0 Å². The van der Waals surface area contributed by atoms with Crippen molar-refractivity contribution in [2.45, 2.75) is 43.7 Å². The molecule has 1 saturated heterocycles. The van der Waals surface area contributed by atoms with Crippen molar-refractivity contribution in [3.05, 3.63) is 71.5 Å². The van der Waals surface area contributed by atoms with Gasteiger partial charge in [0.15, 0.2) is 5.60 Å². The Labute approximate surface area is 183 Å². The van der Waals surface area contributed by atoms with E-state index in [4.69, 9.17) is 0 Å². The summed E-state index contributed by atoms with van der Waals surface area (Å²) in [4.78, 5) is 15.8. The van der Waals surface area contributed by atoms with E-state index in [0.29, 0.717) is 17.4 Å². The van der Waals surface area contributed by atoms with E-state index in [1.165, 1.54) is 12.1 Å². The van der Waals surface area contributed by atoms with Crippen LogP contribution in [0.15, 0.2) is 54.6 Å². The lowest BCUT2D eigenvalue weighted by Crippen LogP contribution is -2.51. The molecule has 3 aliphatic rings. The van der Waals surface area contributed by atoms with Crippen LogP contribution < -0.4 is 5.32 Å². The molecule has 5 rings (SSSR count). The fourth-order valence-electron chi connectivity index (χ4n) is 5.80. The van der Waals surface area contributed by atoms with Crippen LogP contribution in [0, 0.1) is 23.6 Å². The van der Waals surface area contributed by atoms with Gasteiger partial charge in [-0.3, -0.25) is 4.79 Å². The molecule has 2 aromatic carbocycles. The molecule has 4 nitrogen and oxygen atoms in total. The highest BCUT2D eigenvalue weighted by atomic mass is 19.1. The summed E-state index contributed by atoms with van der Waals surface area (Å²) in [5.74, 6) is 0.517. The highest BCUT2D eigenvalue weighted by molar-refractivity contribution is 5.87. The number of hydrogen-bond acceptors (Lipinski definition) is 3. The van der Waals surface area contributed by atoms with Gasteiger partial charge in [0.1, 0.15) is 5.82 Å². The van der Waals surface area contributed by atoms with E-state index in [2.05, 4.69) is 10.2 Å². The Bertz CT molecular complexity index is 901. The molecular weight excluding hydrogens is 391 g/mol. The van der Waals surface area contributed by atoms with Crippen LogP contribution in [0.5, 0.6) is 0 Å². The molecule has 2 aromatic rings. The minimum Gasteiger partial charge on any atom is -0.375 e. The number of nitrogens with one attached hydrogen (secondary N) is 1. The molecule has 2 aliphatic carbocycles. The van der Waals surface area contributed by atoms with E-state index < -0.39 is 5.60 Å². The Kier molecular flexibility index (Phi) is 5.57. The molecule has 31 heavy (non-hydrogen) atoms. The van der Waals surface area contributed by atoms with Crippen molar-refractivity contribution in [1.29, 1.82) is 0 Å². The highest BCUT2D eigenvalue weighted by Gasteiger charge is 2.58. The van der Waals surface area contributed by atoms with E-state index in [1.807, 2.05) is 42.5 Å². The number of rotatable bonds is 7. The van der Waals surface area contributed by atoms with Gasteiger partial charge < -0.3 is 15.3 Å². The van der Waals surface area contributed by atoms with Gasteiger partial charge in [-0.2, -0.15) is 0 Å². The Hall–Kier alpha value is -2.24. The van der Waals surface area contributed by atoms with Crippen molar-refractivity contribution >= 4 is 5.91 Å². The van der Waals surface area contributed by atoms with Crippen molar-refractivity contribution in [3.63, 3.8) is 0 Å². The molecule has 1 heterocycles. The van der Waals surface area contributed by atoms with Crippen LogP contribution in [-0.2, 0) is 16.8 Å². The third-order valence-corrected chi connectivity index (χ3v) is 7.70. The molecule has 0 radical (unpaired) electrons. The van der Waals surface area contributed by atoms with Gasteiger partial charge in [-0.25, -0.2) is 4.39 Å². The van der Waals surface area contributed by atoms with Crippen molar-refractivity contribution in [1.82, 2.24) is 10.2 Å². The molecule has 2 N–H and O–H groups in total. The van der Waals surface area contributed by atoms with E-state index in [-0.39, 0.29) is 23.7 Å². The lowest BCUT2D eigenvalue weighted by Gasteiger charge is -2.33. The number of likely N-dealkylation sites (tertiary alicyclic amines) is 1. The van der Waals surface area contributed by atoms with Crippen LogP contribution in [0.25, 0.3) is 0 Å². The molecule has 0 aromatic heterocycles. The Morgan fingerprint density at radius 3 is 2.32 bits per heavy atom. The first-order valence-corrected chi connectivity index (χ1v) is 11.6. The van der Waals surface area contributed by atoms with Gasteiger partial charge in [0.25, 0.3) is 5.91 Å². The average Bonchev–Trinajstić information content (AvgIpc) is 3.20. The minimum atomic E-state index is -1.43. The van der Waals surface area contributed by atoms with Gasteiger partial charge in [-0.1, -0.05) is 55.3 Å². The number of carbonyl (C=O) groups is 1. The van der Waals surface area contributed by atoms with Crippen LogP contribution in [0.3, 0.4) is 0 Å². The third-order valence-electron chi connectivity index (χ3n) is 7.70. The maximum atomic E-state index is 13.3. The highest BCUT2D eigenvalue weighted by Crippen LogP contribution is 2.47. The van der Waals surface area contributed by atoms with Crippen molar-refractivity contribution in [2.24, 2.45) is 17.8 Å². The summed E-state index contributed by atoms with van der Waals surface area (Å²) < 4.78 is 13.1. The number of nitrogens with zero attached hydrogens (tertiary/aromatic N) is 1. The molecule has 164 valence electrons. The van der Waals surface area contributed by atoms with Crippen molar-refractivity contribution in [3.8, 4) is 0 Å². The number of amides is 1. The first-order valence-electron chi connectivity index (χ1n) is 11.6. The van der Waals surface area contributed by atoms with E-state index in [9.17, 15) is 14.3 Å². The van der Waals surface area contributed by atoms with Crippen LogP contribution in [-0.4, -0.2) is 41.6 Å². The van der Waals surface area contributed by atoms with Gasteiger partial charge in [-0.05, 0) is 54.4 Å². The Morgan fingerprint density at radius 2 is 1.68 bits per heavy atom. The molecule has 4 atom stereocenters. The summed E-state index contributed by atoms with van der Waals surface area (Å²) in [6.07, 6.45) is 4.85. The standard InChI is InChI=1S/C26H31FN2O2/c27-21-12-10-18(11-13-21)14-15-29-16-22-23(17-29)24(22)28-25(30)26(31,20-8-4-5-9-20)19-6-2-1-3-7-19/h1-3,6-7,10-13,20,22-24,31H,4-5,8-9,14-17H2,(H,28,30)/t22-,23?,24?,26?/m0/s1. The Balaban J connectivity index is 1.18. The molecule has 3 fully saturated rings. The summed E-state index contributed by atoms with van der Waals surface area (Å²) in [5, 5.41) is 14.8. The molecule has 3 unspecified atom stereocenters. The zero-order chi connectivity index (χ0) is 21.4. The zero-order valence-corrected chi connectivity index (χ0v) is 17.8. The van der Waals surface area contributed by atoms with Gasteiger partial charge in [-0.15, -0.1) is 0 Å². The molecule has 0 spiro atoms. The SMILES string of the molecule is O=C(NC1C2CN(CCc3ccc(F)cc3)C[C@@H]21)C(O)(c1ccccc1)C1CCCC1. The van der Waals surface area contributed by atoms with Crippen LogP contribution in [0.2, 0.25) is 0 Å². The largest absolute Gasteiger partial charge is 0.375 e. The summed E-state index contributed by atoms with van der Waals surface area (Å²) >= 11 is 0. The second-order valence-electron chi connectivity index (χ2n) is 9.58. The number of halogens is 1. The van der Waals surface area contributed by atoms with E-state index >= 15 is 0 Å². The lowest BCUT2D eigenvalue weighted by atomic mass is 9.79. The Morgan fingerprint density at radius 1 is 1.03 bits per heavy atom. The average molecular weight is 423 g/mol. The normalized spacial score (nSPS) is 27.6. The minimum absolute atomic E-state index is 0.0132. The monoisotopic (exact) mass is 422 g/mol. The summed E-state index contributed by atoms with van der Waals surface area (Å²) in [6.45, 7) is 2.91. The van der Waals surface area contributed by atoms with Crippen LogP contribution in [0.4, 0.5) is 4.39 Å². The van der Waals surface area contributed by atoms with Gasteiger partial charge in [0.05, 0.1) is 0 Å². The fourth-order valence-corrected chi connectivity index (χ4v) is 5.80. The molecule has 1 aliphatic heterocycles. The molecular formula is C26H31FN2O2. The van der Waals surface area contributed by atoms with Crippen molar-refractivity contribution < 1.29 is 14.3 Å². The number of hydrogen-bond donors (Lipinski definition) is 2. The summed E-state index contributed by atoms with van der Waals surface area (Å²) in [5.41, 5.74) is 0.430. The zero-order valence-electron chi connectivity index (χ0n) is 17.8. The smallest absolute Gasteiger partial charge is 0.257 e. The lowest BCUT2D eigenvalue weighted by molar-refractivity contribution is -0.147. The van der Waals surface area contributed by atoms with Crippen molar-refractivity contribution in [2.75, 3.05) is 19.6 Å². The number of carbonyl (C=O) groups excluding carboxylic acids is 1. The predicted octanol–water partition coefficient (Wildman–Crippen LogP) is 3.49. The third kappa shape index (κ3) is 4.01. The molecule has 0 bridgehead atoms.